The number of hydrogen-bond donors (Lipinski definition) is 1. The molecule has 0 bridgehead atoms. The lowest BCUT2D eigenvalue weighted by atomic mass is 10.3. The zero-order valence-electron chi connectivity index (χ0n) is 8.80. The van der Waals surface area contributed by atoms with Crippen LogP contribution in [-0.4, -0.2) is 21.0 Å². The quantitative estimate of drug-likeness (QED) is 0.936. The van der Waals surface area contributed by atoms with Crippen LogP contribution < -0.4 is 4.74 Å². The smallest absolute Gasteiger partial charge is 0.358 e. The predicted octanol–water partition coefficient (Wildman–Crippen LogP) is 3.27. The van der Waals surface area contributed by atoms with Crippen molar-refractivity contribution in [2.24, 2.45) is 0 Å². The molecule has 1 heterocycles. The fourth-order valence-electron chi connectivity index (χ4n) is 1.23. The van der Waals surface area contributed by atoms with Crippen molar-refractivity contribution in [2.75, 3.05) is 0 Å². The number of rotatable bonds is 3. The fourth-order valence-corrected chi connectivity index (χ4v) is 1.54. The predicted molar refractivity (Wildman–Crippen MR) is 65.5 cm³/mol. The van der Waals surface area contributed by atoms with E-state index in [0.29, 0.717) is 10.0 Å². The Kier molecular flexibility index (Phi) is 3.64. The van der Waals surface area contributed by atoms with Crippen molar-refractivity contribution in [3.8, 4) is 11.5 Å². The summed E-state index contributed by atoms with van der Waals surface area (Å²) in [6, 6.07) is 4.61. The van der Waals surface area contributed by atoms with Crippen LogP contribution in [-0.2, 0) is 0 Å². The minimum absolute atomic E-state index is 0.00540. The molecule has 0 aliphatic rings. The van der Waals surface area contributed by atoms with E-state index in [-0.39, 0.29) is 17.2 Å². The molecule has 7 heteroatoms. The summed E-state index contributed by atoms with van der Waals surface area (Å²) in [5.74, 6) is -0.985. The molecule has 2 rings (SSSR count). The van der Waals surface area contributed by atoms with Gasteiger partial charge in [0.2, 0.25) is 0 Å². The summed E-state index contributed by atoms with van der Waals surface area (Å²) >= 11 is 11.7. The van der Waals surface area contributed by atoms with Gasteiger partial charge in [0.1, 0.15) is 12.1 Å². The second-order valence-electron chi connectivity index (χ2n) is 3.22. The molecular weight excluding hydrogens is 279 g/mol. The third kappa shape index (κ3) is 2.69. The molecule has 18 heavy (non-hydrogen) atoms. The van der Waals surface area contributed by atoms with Crippen LogP contribution in [0, 0.1) is 0 Å². The first-order valence-corrected chi connectivity index (χ1v) is 5.49. The minimum Gasteiger partial charge on any atom is -0.476 e. The molecule has 2 aromatic rings. The van der Waals surface area contributed by atoms with Crippen molar-refractivity contribution in [1.82, 2.24) is 9.97 Å². The molecule has 0 radical (unpaired) electrons. The Morgan fingerprint density at radius 3 is 2.78 bits per heavy atom. The number of aromatic nitrogens is 2. The second kappa shape index (κ2) is 5.20. The monoisotopic (exact) mass is 284 g/mol. The molecule has 1 N–H and O–H groups in total. The summed E-state index contributed by atoms with van der Waals surface area (Å²) in [7, 11) is 0. The SMILES string of the molecule is O=C(O)c1ncncc1Oc1cc(Cl)ccc1Cl. The fraction of sp³-hybridized carbons (Fsp3) is 0. The molecule has 0 saturated heterocycles. The Labute approximate surface area is 112 Å². The van der Waals surface area contributed by atoms with Gasteiger partial charge in [-0.2, -0.15) is 0 Å². The van der Waals surface area contributed by atoms with E-state index >= 15 is 0 Å². The number of carbonyl (C=O) groups is 1. The highest BCUT2D eigenvalue weighted by atomic mass is 35.5. The average molecular weight is 285 g/mol. The summed E-state index contributed by atoms with van der Waals surface area (Å²) in [4.78, 5) is 18.2. The summed E-state index contributed by atoms with van der Waals surface area (Å²) in [6.07, 6.45) is 2.36. The third-order valence-electron chi connectivity index (χ3n) is 1.99. The van der Waals surface area contributed by atoms with Crippen molar-refractivity contribution in [2.45, 2.75) is 0 Å². The van der Waals surface area contributed by atoms with Crippen LogP contribution in [0.5, 0.6) is 11.5 Å². The van der Waals surface area contributed by atoms with E-state index in [9.17, 15) is 4.79 Å². The van der Waals surface area contributed by atoms with Gasteiger partial charge in [-0.05, 0) is 12.1 Å². The van der Waals surface area contributed by atoms with Gasteiger partial charge in [-0.3, -0.25) is 0 Å². The summed E-state index contributed by atoms with van der Waals surface area (Å²) in [6.45, 7) is 0. The van der Waals surface area contributed by atoms with Crippen molar-refractivity contribution < 1.29 is 14.6 Å². The zero-order valence-corrected chi connectivity index (χ0v) is 10.3. The van der Waals surface area contributed by atoms with Gasteiger partial charge in [-0.15, -0.1) is 0 Å². The number of benzene rings is 1. The van der Waals surface area contributed by atoms with Crippen LogP contribution in [0.25, 0.3) is 0 Å². The van der Waals surface area contributed by atoms with Crippen molar-refractivity contribution in [1.29, 1.82) is 0 Å². The highest BCUT2D eigenvalue weighted by Crippen LogP contribution is 2.32. The summed E-state index contributed by atoms with van der Waals surface area (Å²) in [5.41, 5.74) is -0.249. The van der Waals surface area contributed by atoms with Gasteiger partial charge >= 0.3 is 5.97 Å². The van der Waals surface area contributed by atoms with Crippen LogP contribution in [0.2, 0.25) is 10.0 Å². The maximum absolute atomic E-state index is 10.9. The molecule has 1 aromatic carbocycles. The molecule has 1 aromatic heterocycles. The van der Waals surface area contributed by atoms with E-state index in [0.717, 1.165) is 6.33 Å². The van der Waals surface area contributed by atoms with Gasteiger partial charge in [0.05, 0.1) is 11.2 Å². The molecule has 0 amide bonds. The molecule has 92 valence electrons. The number of aromatic carboxylic acids is 1. The lowest BCUT2D eigenvalue weighted by Crippen LogP contribution is -2.03. The summed E-state index contributed by atoms with van der Waals surface area (Å²) in [5, 5.41) is 9.66. The van der Waals surface area contributed by atoms with Crippen LogP contribution in [0.3, 0.4) is 0 Å². The number of carboxylic acid groups (broad SMARTS) is 1. The van der Waals surface area contributed by atoms with E-state index in [2.05, 4.69) is 9.97 Å². The molecule has 0 fully saturated rings. The van der Waals surface area contributed by atoms with Gasteiger partial charge in [0, 0.05) is 11.1 Å². The second-order valence-corrected chi connectivity index (χ2v) is 4.06. The lowest BCUT2D eigenvalue weighted by Gasteiger charge is -2.08. The van der Waals surface area contributed by atoms with Gasteiger partial charge in [0.15, 0.2) is 11.4 Å². The minimum atomic E-state index is -1.22. The third-order valence-corrected chi connectivity index (χ3v) is 2.54. The largest absolute Gasteiger partial charge is 0.476 e. The first-order valence-electron chi connectivity index (χ1n) is 4.74. The topological polar surface area (TPSA) is 72.3 Å². The van der Waals surface area contributed by atoms with Crippen LogP contribution in [0.4, 0.5) is 0 Å². The number of halogens is 2. The highest BCUT2D eigenvalue weighted by molar-refractivity contribution is 6.34. The van der Waals surface area contributed by atoms with Gasteiger partial charge in [-0.1, -0.05) is 23.2 Å². The average Bonchev–Trinajstić information content (AvgIpc) is 2.34. The molecule has 0 atom stereocenters. The normalized spacial score (nSPS) is 10.1. The summed E-state index contributed by atoms with van der Waals surface area (Å²) < 4.78 is 5.36. The molecule has 0 spiro atoms. The Morgan fingerprint density at radius 2 is 2.06 bits per heavy atom. The molecule has 0 aliphatic carbocycles. The van der Waals surface area contributed by atoms with E-state index in [1.165, 1.54) is 12.3 Å². The first kappa shape index (κ1) is 12.6. The number of nitrogens with zero attached hydrogens (tertiary/aromatic N) is 2. The first-order chi connectivity index (χ1) is 8.58. The standard InChI is InChI=1S/C11H6Cl2N2O3/c12-6-1-2-7(13)8(3-6)18-9-4-14-5-15-10(9)11(16)17/h1-5H,(H,16,17). The van der Waals surface area contributed by atoms with E-state index in [4.69, 9.17) is 33.0 Å². The Balaban J connectivity index is 2.40. The van der Waals surface area contributed by atoms with Crippen LogP contribution in [0.15, 0.2) is 30.7 Å². The van der Waals surface area contributed by atoms with Crippen molar-refractivity contribution >= 4 is 29.2 Å². The van der Waals surface area contributed by atoms with Crippen molar-refractivity contribution in [3.63, 3.8) is 0 Å². The zero-order chi connectivity index (χ0) is 13.1. The van der Waals surface area contributed by atoms with Gasteiger partial charge in [0.25, 0.3) is 0 Å². The van der Waals surface area contributed by atoms with Crippen LogP contribution >= 0.6 is 23.2 Å². The van der Waals surface area contributed by atoms with Crippen LogP contribution in [0.1, 0.15) is 10.5 Å². The number of ether oxygens (including phenoxy) is 1. The number of hydrogen-bond acceptors (Lipinski definition) is 4. The molecule has 0 unspecified atom stereocenters. The van der Waals surface area contributed by atoms with E-state index in [1.807, 2.05) is 0 Å². The van der Waals surface area contributed by atoms with E-state index < -0.39 is 5.97 Å². The lowest BCUT2D eigenvalue weighted by molar-refractivity contribution is 0.0687. The Bertz CT molecular complexity index is 605. The van der Waals surface area contributed by atoms with E-state index in [1.54, 1.807) is 12.1 Å². The molecule has 5 nitrogen and oxygen atoms in total. The maximum Gasteiger partial charge on any atom is 0.358 e. The Hall–Kier alpha value is -1.85. The van der Waals surface area contributed by atoms with Gasteiger partial charge < -0.3 is 9.84 Å². The maximum atomic E-state index is 10.9. The Morgan fingerprint density at radius 1 is 1.28 bits per heavy atom. The number of carboxylic acids is 1. The molecule has 0 aliphatic heterocycles. The molecule has 0 saturated carbocycles. The van der Waals surface area contributed by atoms with Gasteiger partial charge in [-0.25, -0.2) is 14.8 Å². The molecular formula is C11H6Cl2N2O3. The van der Waals surface area contributed by atoms with Crippen molar-refractivity contribution in [3.05, 3.63) is 46.5 Å². The highest BCUT2D eigenvalue weighted by Gasteiger charge is 2.15.